The Bertz CT molecular complexity index is 771. The van der Waals surface area contributed by atoms with Gasteiger partial charge >= 0.3 is 5.69 Å². The standard InChI is InChI=1S/C10H5N3O7/c14-10-6-2-1-5(11(15)16)3-7(6)8(12(17)18)4-9(10)13(19)20/h1-4,14H. The molecule has 0 radical (unpaired) electrons. The smallest absolute Gasteiger partial charge is 0.318 e. The molecule has 2 aromatic carbocycles. The van der Waals surface area contributed by atoms with Crippen LogP contribution in [0.1, 0.15) is 0 Å². The number of nitro benzene ring substituents is 3. The summed E-state index contributed by atoms with van der Waals surface area (Å²) in [4.78, 5) is 29.7. The van der Waals surface area contributed by atoms with Gasteiger partial charge < -0.3 is 5.11 Å². The molecule has 0 bridgehead atoms. The second-order valence-electron chi connectivity index (χ2n) is 3.76. The molecule has 102 valence electrons. The highest BCUT2D eigenvalue weighted by Crippen LogP contribution is 2.41. The number of rotatable bonds is 3. The van der Waals surface area contributed by atoms with Crippen LogP contribution in [-0.4, -0.2) is 19.9 Å². The molecule has 10 heteroatoms. The van der Waals surface area contributed by atoms with Gasteiger partial charge in [-0.25, -0.2) is 0 Å². The van der Waals surface area contributed by atoms with Crippen LogP contribution in [0.4, 0.5) is 17.1 Å². The van der Waals surface area contributed by atoms with Crippen LogP contribution >= 0.6 is 0 Å². The summed E-state index contributed by atoms with van der Waals surface area (Å²) in [6.07, 6.45) is 0. The van der Waals surface area contributed by atoms with E-state index in [0.29, 0.717) is 6.07 Å². The molecule has 10 nitrogen and oxygen atoms in total. The molecule has 0 saturated heterocycles. The van der Waals surface area contributed by atoms with E-state index >= 15 is 0 Å². The lowest BCUT2D eigenvalue weighted by Crippen LogP contribution is -1.96. The fourth-order valence-electron chi connectivity index (χ4n) is 1.77. The maximum atomic E-state index is 10.9. The van der Waals surface area contributed by atoms with Crippen molar-refractivity contribution in [1.82, 2.24) is 0 Å². The van der Waals surface area contributed by atoms with Gasteiger partial charge in [0.05, 0.1) is 26.2 Å². The summed E-state index contributed by atoms with van der Waals surface area (Å²) in [6.45, 7) is 0. The van der Waals surface area contributed by atoms with Gasteiger partial charge in [-0.3, -0.25) is 30.3 Å². The van der Waals surface area contributed by atoms with Gasteiger partial charge in [0.1, 0.15) is 0 Å². The highest BCUT2D eigenvalue weighted by atomic mass is 16.6. The van der Waals surface area contributed by atoms with E-state index in [2.05, 4.69) is 0 Å². The van der Waals surface area contributed by atoms with Crippen molar-refractivity contribution >= 4 is 27.8 Å². The SMILES string of the molecule is O=[N+]([O-])c1ccc2c(O)c([N+](=O)[O-])cc([N+](=O)[O-])c2c1. The van der Waals surface area contributed by atoms with Crippen molar-refractivity contribution in [3.05, 3.63) is 54.6 Å². The Kier molecular flexibility index (Phi) is 2.90. The van der Waals surface area contributed by atoms with Crippen molar-refractivity contribution < 1.29 is 19.9 Å². The molecule has 0 aliphatic carbocycles. The molecule has 0 fully saturated rings. The maximum absolute atomic E-state index is 10.9. The average Bonchev–Trinajstić information content (AvgIpc) is 2.37. The second-order valence-corrected chi connectivity index (χ2v) is 3.76. The predicted octanol–water partition coefficient (Wildman–Crippen LogP) is 2.27. The summed E-state index contributed by atoms with van der Waals surface area (Å²) < 4.78 is 0. The van der Waals surface area contributed by atoms with Gasteiger partial charge in [0.15, 0.2) is 0 Å². The third-order valence-corrected chi connectivity index (χ3v) is 2.65. The number of nitro groups is 3. The normalized spacial score (nSPS) is 10.4. The Labute approximate surface area is 109 Å². The van der Waals surface area contributed by atoms with Gasteiger partial charge in [-0.1, -0.05) is 0 Å². The maximum Gasteiger partial charge on any atom is 0.318 e. The van der Waals surface area contributed by atoms with Crippen LogP contribution < -0.4 is 0 Å². The Morgan fingerprint density at radius 1 is 0.800 bits per heavy atom. The van der Waals surface area contributed by atoms with E-state index in [0.717, 1.165) is 18.2 Å². The number of hydrogen-bond donors (Lipinski definition) is 1. The quantitative estimate of drug-likeness (QED) is 0.668. The first-order chi connectivity index (χ1) is 9.32. The Hall–Kier alpha value is -3.30. The summed E-state index contributed by atoms with van der Waals surface area (Å²) in [5.74, 6) is -0.773. The van der Waals surface area contributed by atoms with Crippen LogP contribution in [-0.2, 0) is 0 Å². The van der Waals surface area contributed by atoms with Gasteiger partial charge in [0.25, 0.3) is 11.4 Å². The van der Waals surface area contributed by atoms with Gasteiger partial charge in [0.2, 0.25) is 5.75 Å². The fourth-order valence-corrected chi connectivity index (χ4v) is 1.77. The van der Waals surface area contributed by atoms with E-state index in [1.165, 1.54) is 0 Å². The van der Waals surface area contributed by atoms with Crippen LogP contribution in [0.25, 0.3) is 10.8 Å². The number of phenolic OH excluding ortho intramolecular Hbond substituents is 1. The molecular formula is C10H5N3O7. The van der Waals surface area contributed by atoms with Crippen LogP contribution in [0, 0.1) is 30.3 Å². The zero-order valence-corrected chi connectivity index (χ0v) is 9.55. The number of benzene rings is 2. The van der Waals surface area contributed by atoms with E-state index in [1.54, 1.807) is 0 Å². The first kappa shape index (κ1) is 13.1. The van der Waals surface area contributed by atoms with Crippen molar-refractivity contribution in [2.75, 3.05) is 0 Å². The molecule has 0 saturated carbocycles. The zero-order chi connectivity index (χ0) is 15.0. The van der Waals surface area contributed by atoms with Crippen LogP contribution in [0.3, 0.4) is 0 Å². The monoisotopic (exact) mass is 279 g/mol. The van der Waals surface area contributed by atoms with Gasteiger partial charge in [-0.15, -0.1) is 0 Å². The van der Waals surface area contributed by atoms with Gasteiger partial charge in [0, 0.05) is 17.5 Å². The largest absolute Gasteiger partial charge is 0.502 e. The molecule has 2 aromatic rings. The highest BCUT2D eigenvalue weighted by Gasteiger charge is 2.26. The molecule has 0 unspecified atom stereocenters. The number of non-ortho nitro benzene ring substituents is 2. The summed E-state index contributed by atoms with van der Waals surface area (Å²) in [5.41, 5.74) is -1.94. The zero-order valence-electron chi connectivity index (χ0n) is 9.55. The third-order valence-electron chi connectivity index (χ3n) is 2.65. The van der Waals surface area contributed by atoms with Crippen LogP contribution in [0.15, 0.2) is 24.3 Å². The van der Waals surface area contributed by atoms with Crippen molar-refractivity contribution in [2.24, 2.45) is 0 Å². The molecule has 20 heavy (non-hydrogen) atoms. The Morgan fingerprint density at radius 2 is 1.40 bits per heavy atom. The number of hydrogen-bond acceptors (Lipinski definition) is 7. The van der Waals surface area contributed by atoms with E-state index in [-0.39, 0.29) is 10.8 Å². The molecule has 0 aliphatic rings. The minimum atomic E-state index is -0.969. The predicted molar refractivity (Wildman–Crippen MR) is 65.6 cm³/mol. The lowest BCUT2D eigenvalue weighted by Gasteiger charge is -2.03. The molecule has 0 aromatic heterocycles. The summed E-state index contributed by atoms with van der Waals surface area (Å²) >= 11 is 0. The summed E-state index contributed by atoms with van der Waals surface area (Å²) in [5, 5.41) is 41.6. The van der Waals surface area contributed by atoms with E-state index < -0.39 is 37.6 Å². The van der Waals surface area contributed by atoms with E-state index in [4.69, 9.17) is 0 Å². The molecule has 0 spiro atoms. The minimum Gasteiger partial charge on any atom is -0.502 e. The van der Waals surface area contributed by atoms with Gasteiger partial charge in [-0.2, -0.15) is 0 Å². The first-order valence-corrected chi connectivity index (χ1v) is 5.06. The van der Waals surface area contributed by atoms with Gasteiger partial charge in [-0.05, 0) is 6.07 Å². The van der Waals surface area contributed by atoms with Crippen molar-refractivity contribution in [3.63, 3.8) is 0 Å². The molecular weight excluding hydrogens is 274 g/mol. The Morgan fingerprint density at radius 3 is 1.90 bits per heavy atom. The summed E-state index contributed by atoms with van der Waals surface area (Å²) in [6, 6.07) is 3.48. The fraction of sp³-hybridized carbons (Fsp3) is 0. The van der Waals surface area contributed by atoms with Crippen molar-refractivity contribution in [3.8, 4) is 5.75 Å². The van der Waals surface area contributed by atoms with Crippen LogP contribution in [0.5, 0.6) is 5.75 Å². The Balaban J connectivity index is 2.93. The number of phenols is 1. The topological polar surface area (TPSA) is 150 Å². The van der Waals surface area contributed by atoms with Crippen molar-refractivity contribution in [1.29, 1.82) is 0 Å². The molecule has 0 amide bonds. The molecule has 2 rings (SSSR count). The van der Waals surface area contributed by atoms with E-state index in [1.807, 2.05) is 0 Å². The average molecular weight is 279 g/mol. The third kappa shape index (κ3) is 1.94. The highest BCUT2D eigenvalue weighted by molar-refractivity contribution is 5.99. The number of aromatic hydroxyl groups is 1. The lowest BCUT2D eigenvalue weighted by atomic mass is 10.1. The molecule has 0 heterocycles. The van der Waals surface area contributed by atoms with Crippen LogP contribution in [0.2, 0.25) is 0 Å². The molecule has 1 N–H and O–H groups in total. The lowest BCUT2D eigenvalue weighted by molar-refractivity contribution is -0.393. The number of nitrogens with zero attached hydrogens (tertiary/aromatic N) is 3. The first-order valence-electron chi connectivity index (χ1n) is 5.06. The van der Waals surface area contributed by atoms with Crippen molar-refractivity contribution in [2.45, 2.75) is 0 Å². The number of fused-ring (bicyclic) bond motifs is 1. The minimum absolute atomic E-state index is 0.198. The second kappa shape index (κ2) is 4.42. The molecule has 0 atom stereocenters. The van der Waals surface area contributed by atoms with E-state index in [9.17, 15) is 35.4 Å². The molecule has 0 aliphatic heterocycles. The summed E-state index contributed by atoms with van der Waals surface area (Å²) in [7, 11) is 0.